The molecule has 2 aliphatic carbocycles. The topological polar surface area (TPSA) is 117 Å². The van der Waals surface area contributed by atoms with Gasteiger partial charge in [-0.2, -0.15) is 0 Å². The molecule has 2 aromatic rings. The van der Waals surface area contributed by atoms with E-state index in [0.717, 1.165) is 53.9 Å². The Hall–Kier alpha value is -1.81. The number of aromatic nitrogens is 1. The molecule has 1 unspecified atom stereocenters. The van der Waals surface area contributed by atoms with Gasteiger partial charge in [-0.1, -0.05) is 6.92 Å². The van der Waals surface area contributed by atoms with Crippen molar-refractivity contribution >= 4 is 32.5 Å². The maximum absolute atomic E-state index is 13.6. The van der Waals surface area contributed by atoms with Crippen molar-refractivity contribution in [1.29, 1.82) is 0 Å². The lowest BCUT2D eigenvalue weighted by Crippen LogP contribution is -2.57. The highest BCUT2D eigenvalue weighted by atomic mass is 32.3. The van der Waals surface area contributed by atoms with Gasteiger partial charge in [-0.15, -0.1) is 11.3 Å². The minimum Gasteiger partial charge on any atom is -0.386 e. The van der Waals surface area contributed by atoms with E-state index < -0.39 is 21.1 Å². The van der Waals surface area contributed by atoms with Crippen molar-refractivity contribution < 1.29 is 14.1 Å². The number of nitrogens with one attached hydrogen (secondary N) is 2. The van der Waals surface area contributed by atoms with E-state index in [1.54, 1.807) is 25.3 Å². The van der Waals surface area contributed by atoms with Gasteiger partial charge in [0.25, 0.3) is 0 Å². The van der Waals surface area contributed by atoms with Crippen molar-refractivity contribution in [1.82, 2.24) is 9.71 Å². The van der Waals surface area contributed by atoms with Gasteiger partial charge < -0.3 is 10.4 Å². The van der Waals surface area contributed by atoms with E-state index in [-0.39, 0.29) is 0 Å². The Balaban J connectivity index is 1.62. The summed E-state index contributed by atoms with van der Waals surface area (Å²) in [6.07, 6.45) is 5.47. The number of carbonyl (C=O) groups is 1. The molecule has 2 aliphatic rings. The van der Waals surface area contributed by atoms with Gasteiger partial charge in [0.15, 0.2) is 0 Å². The van der Waals surface area contributed by atoms with Gasteiger partial charge in [-0.3, -0.25) is 14.8 Å². The average Bonchev–Trinajstić information content (AvgIpc) is 3.19. The molecule has 2 heterocycles. The van der Waals surface area contributed by atoms with Crippen LogP contribution in [0.1, 0.15) is 79.9 Å². The van der Waals surface area contributed by atoms with Crippen molar-refractivity contribution in [3.63, 3.8) is 0 Å². The molecule has 0 saturated heterocycles. The largest absolute Gasteiger partial charge is 0.386 e. The van der Waals surface area contributed by atoms with Gasteiger partial charge in [0.1, 0.15) is 0 Å². The quantitative estimate of drug-likeness (QED) is 0.534. The first-order valence-electron chi connectivity index (χ1n) is 10.6. The van der Waals surface area contributed by atoms with Crippen LogP contribution in [0.2, 0.25) is 0 Å². The van der Waals surface area contributed by atoms with Crippen molar-refractivity contribution in [3.8, 4) is 0 Å². The predicted molar refractivity (Wildman–Crippen MR) is 126 cm³/mol. The molecule has 0 aromatic carbocycles. The number of pyridine rings is 1. The summed E-state index contributed by atoms with van der Waals surface area (Å²) < 4.78 is 16.5. The Morgan fingerprint density at radius 3 is 2.58 bits per heavy atom. The van der Waals surface area contributed by atoms with E-state index in [1.807, 2.05) is 6.92 Å². The molecule has 0 bridgehead atoms. The number of amides is 2. The third-order valence-electron chi connectivity index (χ3n) is 6.24. The molecule has 9 heteroatoms. The summed E-state index contributed by atoms with van der Waals surface area (Å²) in [5.41, 5.74) is 4.49. The fourth-order valence-corrected chi connectivity index (χ4v) is 7.22. The third-order valence-corrected chi connectivity index (χ3v) is 10.3. The second-order valence-electron chi connectivity index (χ2n) is 9.76. The van der Waals surface area contributed by atoms with Crippen molar-refractivity contribution in [3.05, 3.63) is 39.5 Å². The van der Waals surface area contributed by atoms with Crippen molar-refractivity contribution in [2.45, 2.75) is 75.0 Å². The molecule has 2 amide bonds. The summed E-state index contributed by atoms with van der Waals surface area (Å²) in [4.78, 5) is 18.0. The van der Waals surface area contributed by atoms with Gasteiger partial charge in [-0.25, -0.2) is 9.00 Å². The molecule has 0 spiro atoms. The molecular weight excluding hydrogens is 432 g/mol. The van der Waals surface area contributed by atoms with Crippen LogP contribution in [0.3, 0.4) is 0 Å². The summed E-state index contributed by atoms with van der Waals surface area (Å²) >= 11 is 1.17. The highest BCUT2D eigenvalue weighted by Gasteiger charge is 2.36. The minimum absolute atomic E-state index is 0.327. The fraction of sp³-hybridized carbons (Fsp3) is 0.545. The third kappa shape index (κ3) is 4.28. The van der Waals surface area contributed by atoms with Crippen LogP contribution in [0.4, 0.5) is 10.5 Å². The van der Waals surface area contributed by atoms with Crippen LogP contribution in [0.5, 0.6) is 0 Å². The van der Waals surface area contributed by atoms with Gasteiger partial charge in [0, 0.05) is 33.0 Å². The zero-order chi connectivity index (χ0) is 22.8. The summed E-state index contributed by atoms with van der Waals surface area (Å²) in [7, 11) is -4.15. The van der Waals surface area contributed by atoms with Crippen LogP contribution in [-0.4, -0.2) is 26.6 Å². The Bertz CT molecular complexity index is 1120. The number of fused-ring (bicyclic) bond motifs is 1. The van der Waals surface area contributed by atoms with Crippen LogP contribution in [-0.2, 0) is 21.5 Å². The highest BCUT2D eigenvalue weighted by Crippen LogP contribution is 2.46. The van der Waals surface area contributed by atoms with E-state index in [2.05, 4.69) is 17.0 Å². The Morgan fingerprint density at radius 1 is 1.32 bits per heavy atom. The molecule has 4 rings (SSSR count). The van der Waals surface area contributed by atoms with E-state index in [1.165, 1.54) is 17.6 Å². The summed E-state index contributed by atoms with van der Waals surface area (Å²) in [6.45, 7) is 7.46. The molecule has 0 aliphatic heterocycles. The molecule has 0 radical (unpaired) electrons. The molecule has 1 fully saturated rings. The SMILES string of the molecule is Cc1c(C2CC2)nc2c(c1NC(=O)NS(C)(N)(=O)c1cc(C(C)(C)O)cs1)CCC2C. The molecule has 1 atom stereocenters. The van der Waals surface area contributed by atoms with Crippen LogP contribution >= 0.6 is 11.3 Å². The number of thiophene rings is 1. The summed E-state index contributed by atoms with van der Waals surface area (Å²) in [6, 6.07) is 1.00. The minimum atomic E-state index is -4.15. The fourth-order valence-electron chi connectivity index (χ4n) is 4.17. The Morgan fingerprint density at radius 2 is 2.00 bits per heavy atom. The molecule has 1 saturated carbocycles. The Labute approximate surface area is 187 Å². The second-order valence-corrected chi connectivity index (χ2v) is 14.4. The lowest BCUT2D eigenvalue weighted by molar-refractivity contribution is 0.0789. The lowest BCUT2D eigenvalue weighted by atomic mass is 10.0. The van der Waals surface area contributed by atoms with Gasteiger partial charge in [0.05, 0.1) is 15.5 Å². The van der Waals surface area contributed by atoms with Crippen LogP contribution in [0, 0.1) is 6.92 Å². The number of carbonyl (C=O) groups excluding carboxylic acids is 1. The zero-order valence-corrected chi connectivity index (χ0v) is 20.4. The Kier molecular flexibility index (Phi) is 5.13. The van der Waals surface area contributed by atoms with E-state index in [4.69, 9.17) is 10.1 Å². The molecule has 7 nitrogen and oxygen atoms in total. The predicted octanol–water partition coefficient (Wildman–Crippen LogP) is 4.03. The number of nitrogens with zero attached hydrogens (tertiary/aromatic N) is 1. The molecular formula is C22H32N4O3S2. The number of rotatable bonds is 5. The van der Waals surface area contributed by atoms with Crippen LogP contribution in [0.25, 0.3) is 0 Å². The maximum Gasteiger partial charge on any atom is 0.330 e. The number of hydrogen-bond donors (Lipinski definition) is 4. The number of urea groups is 1. The summed E-state index contributed by atoms with van der Waals surface area (Å²) in [5.74, 6) is 0.826. The number of hydrogen-bond acceptors (Lipinski definition) is 5. The molecule has 5 N–H and O–H groups in total. The van der Waals surface area contributed by atoms with Crippen molar-refractivity contribution in [2.75, 3.05) is 11.6 Å². The smallest absolute Gasteiger partial charge is 0.330 e. The van der Waals surface area contributed by atoms with Gasteiger partial charge in [-0.05, 0) is 80.5 Å². The van der Waals surface area contributed by atoms with Gasteiger partial charge in [0.2, 0.25) is 0 Å². The molecule has 170 valence electrons. The highest BCUT2D eigenvalue weighted by molar-refractivity contribution is 8.17. The van der Waals surface area contributed by atoms with E-state index in [9.17, 15) is 14.1 Å². The number of anilines is 1. The molecule has 31 heavy (non-hydrogen) atoms. The van der Waals surface area contributed by atoms with Crippen LogP contribution in [0.15, 0.2) is 15.7 Å². The van der Waals surface area contributed by atoms with Gasteiger partial charge >= 0.3 is 6.03 Å². The normalized spacial score (nSPS) is 20.1. The summed E-state index contributed by atoms with van der Waals surface area (Å²) in [5, 5.41) is 21.1. The zero-order valence-electron chi connectivity index (χ0n) is 18.7. The van der Waals surface area contributed by atoms with Crippen LogP contribution < -0.4 is 15.2 Å². The standard InChI is InChI=1S/C22H32N4O3S2/c1-12-6-9-16-18(12)24-19(14-7-8-14)13(2)20(16)25-21(27)26-31(5,23,29)17-10-15(11-30-17)22(3,4)28/h10-12,14,28H,6-9H2,1-5H3,(H4,23,24,25,26,27,29). The first-order valence-corrected chi connectivity index (χ1v) is 14.0. The second kappa shape index (κ2) is 7.10. The first-order chi connectivity index (χ1) is 14.2. The average molecular weight is 465 g/mol. The van der Waals surface area contributed by atoms with Crippen molar-refractivity contribution in [2.24, 2.45) is 5.14 Å². The van der Waals surface area contributed by atoms with E-state index in [0.29, 0.717) is 21.6 Å². The lowest BCUT2D eigenvalue weighted by Gasteiger charge is -2.34. The number of nitrogens with two attached hydrogens (primary N) is 1. The number of aliphatic hydroxyl groups is 1. The van der Waals surface area contributed by atoms with E-state index >= 15 is 0 Å². The molecule has 2 aromatic heterocycles. The maximum atomic E-state index is 13.6. The monoisotopic (exact) mass is 464 g/mol. The first kappa shape index (κ1) is 22.4.